The molecule has 148 valence electrons. The van der Waals surface area contributed by atoms with Gasteiger partial charge in [-0.3, -0.25) is 4.72 Å². The number of rotatable bonds is 3. The topological polar surface area (TPSA) is 27.3 Å². The van der Waals surface area contributed by atoms with E-state index < -0.39 is 0 Å². The summed E-state index contributed by atoms with van der Waals surface area (Å²) < 4.78 is 13.0. The second-order valence-electron chi connectivity index (χ2n) is 6.31. The molecule has 3 nitrogen and oxygen atoms in total. The first-order chi connectivity index (χ1) is 13.0. The first-order valence-corrected chi connectivity index (χ1v) is 9.45. The van der Waals surface area contributed by atoms with Gasteiger partial charge in [-0.15, -0.1) is 0 Å². The fourth-order valence-electron chi connectivity index (χ4n) is 3.30. The van der Waals surface area contributed by atoms with E-state index in [0.717, 1.165) is 35.9 Å². The Hall–Kier alpha value is -1.40. The van der Waals surface area contributed by atoms with Crippen molar-refractivity contribution in [3.8, 4) is 0 Å². The van der Waals surface area contributed by atoms with Crippen LogP contribution in [0.25, 0.3) is 0 Å². The Morgan fingerprint density at radius 1 is 1.33 bits per heavy atom. The van der Waals surface area contributed by atoms with Crippen LogP contribution in [0.4, 0.5) is 10.4 Å². The molecule has 0 saturated heterocycles. The standard InChI is InChI=1S/C19H21Cl2N3S.CH4.FH/c1-3-22-19(25)23-14-6-4-5-12(7-14)16-10-24(2)11-17-15(16)8-13(20)9-18(17)21;;/h4-9,16H,3,10-11H2,1-2H3,(H2,22,23,25);1H4;1H/i/hT. The van der Waals surface area contributed by atoms with Gasteiger partial charge in [-0.2, -0.15) is 0 Å². The Morgan fingerprint density at radius 2 is 2.07 bits per heavy atom. The van der Waals surface area contributed by atoms with E-state index in [4.69, 9.17) is 40.1 Å². The van der Waals surface area contributed by atoms with Gasteiger partial charge in [0.25, 0.3) is 1.45 Å². The molecule has 0 aromatic heterocycles. The van der Waals surface area contributed by atoms with E-state index in [2.05, 4.69) is 36.2 Å². The predicted octanol–water partition coefficient (Wildman–Crippen LogP) is 5.67. The summed E-state index contributed by atoms with van der Waals surface area (Å²) in [6.45, 7) is 4.57. The Bertz CT molecular complexity index is 807. The molecule has 3 rings (SSSR count). The first kappa shape index (κ1) is 21.9. The summed E-state index contributed by atoms with van der Waals surface area (Å²) in [5, 5.41) is 8.39. The highest BCUT2D eigenvalue weighted by molar-refractivity contribution is 7.80. The van der Waals surface area contributed by atoms with Crippen LogP contribution in [0, 0.1) is 0 Å². The van der Waals surface area contributed by atoms with E-state index in [9.17, 15) is 0 Å². The Morgan fingerprint density at radius 3 is 2.78 bits per heavy atom. The number of likely N-dealkylation sites (N-methyl/N-ethyl adjacent to an activating group) is 1. The number of hydrogen-bond donors (Lipinski definition) is 2. The third kappa shape index (κ3) is 5.55. The molecule has 0 spiro atoms. The fraction of sp³-hybridized carbons (Fsp3) is 0.350. The highest BCUT2D eigenvalue weighted by Gasteiger charge is 2.27. The molecule has 0 aliphatic carbocycles. The molecule has 1 aliphatic heterocycles. The molecule has 2 N–H and O–H groups in total. The summed E-state index contributed by atoms with van der Waals surface area (Å²) in [6.07, 6.45) is 0. The molecule has 0 radical (unpaired) electrons. The quantitative estimate of drug-likeness (QED) is 0.612. The van der Waals surface area contributed by atoms with Crippen LogP contribution in [0.3, 0.4) is 0 Å². The summed E-state index contributed by atoms with van der Waals surface area (Å²) in [5.74, 6) is 0.222. The Labute approximate surface area is 177 Å². The molecule has 1 aliphatic rings. The van der Waals surface area contributed by atoms with Crippen molar-refractivity contribution in [1.29, 1.82) is 1.45 Å². The second-order valence-corrected chi connectivity index (χ2v) is 7.57. The van der Waals surface area contributed by atoms with Gasteiger partial charge in [0.2, 0.25) is 0 Å². The minimum atomic E-state index is 0. The molecule has 1 heterocycles. The van der Waals surface area contributed by atoms with Gasteiger partial charge in [0, 0.05) is 41.3 Å². The molecule has 0 fully saturated rings. The zero-order valence-electron chi connectivity index (χ0n) is 15.7. The number of halogens is 3. The third-order valence-corrected chi connectivity index (χ3v) is 5.18. The van der Waals surface area contributed by atoms with Crippen molar-refractivity contribution < 1.29 is 4.72 Å². The second kappa shape index (κ2) is 10.2. The molecule has 0 saturated carbocycles. The summed E-state index contributed by atoms with van der Waals surface area (Å²) in [7, 11) is 2.11. The maximum absolute atomic E-state index is 8.75. The number of nitrogens with one attached hydrogen (secondary N) is 2. The monoisotopic (exact) mass is 431 g/mol. The normalized spacial score (nSPS) is 16.0. The van der Waals surface area contributed by atoms with Crippen molar-refractivity contribution in [2.45, 2.75) is 26.8 Å². The minimum Gasteiger partial charge on any atom is -0.363 e. The van der Waals surface area contributed by atoms with E-state index in [0.29, 0.717) is 10.1 Å². The summed E-state index contributed by atoms with van der Waals surface area (Å²) >= 11 is 18.0. The fourth-order valence-corrected chi connectivity index (χ4v) is 4.13. The van der Waals surface area contributed by atoms with Gasteiger partial charge in [-0.25, -0.2) is 0 Å². The molecule has 0 amide bonds. The van der Waals surface area contributed by atoms with Crippen LogP contribution < -0.4 is 10.6 Å². The number of benzene rings is 2. The zero-order chi connectivity index (χ0) is 20.0. The van der Waals surface area contributed by atoms with Crippen LogP contribution in [0.5, 0.6) is 0 Å². The van der Waals surface area contributed by atoms with E-state index in [1.54, 1.807) is 0 Å². The minimum absolute atomic E-state index is 0. The molecular weight excluding hydrogens is 404 g/mol. The van der Waals surface area contributed by atoms with Crippen molar-refractivity contribution in [2.24, 2.45) is 0 Å². The van der Waals surface area contributed by atoms with Crippen LogP contribution in [0.15, 0.2) is 36.4 Å². The van der Waals surface area contributed by atoms with Crippen LogP contribution in [0.1, 0.15) is 37.0 Å². The van der Waals surface area contributed by atoms with Gasteiger partial charge < -0.3 is 15.5 Å². The molecular formula is C20H26Cl2FN3S. The van der Waals surface area contributed by atoms with Crippen LogP contribution >= 0.6 is 35.4 Å². The van der Waals surface area contributed by atoms with E-state index in [-0.39, 0.29) is 13.3 Å². The maximum atomic E-state index is 8.75. The van der Waals surface area contributed by atoms with Crippen molar-refractivity contribution in [1.82, 2.24) is 10.2 Å². The lowest BCUT2D eigenvalue weighted by Gasteiger charge is -2.33. The molecule has 7 heteroatoms. The smallest absolute Gasteiger partial charge is 0.269 e. The Kier molecular flexibility index (Phi) is 8.29. The van der Waals surface area contributed by atoms with Crippen LogP contribution in [-0.4, -0.2) is 31.6 Å². The van der Waals surface area contributed by atoms with Gasteiger partial charge in [-0.1, -0.05) is 42.8 Å². The lowest BCUT2D eigenvalue weighted by atomic mass is 9.84. The van der Waals surface area contributed by atoms with Gasteiger partial charge >= 0.3 is 0 Å². The van der Waals surface area contributed by atoms with Crippen molar-refractivity contribution in [3.05, 3.63) is 63.1 Å². The van der Waals surface area contributed by atoms with Crippen molar-refractivity contribution in [2.75, 3.05) is 25.5 Å². The van der Waals surface area contributed by atoms with Crippen molar-refractivity contribution >= 4 is 46.2 Å². The summed E-state index contributed by atoms with van der Waals surface area (Å²) in [5.41, 5.74) is 4.56. The highest BCUT2D eigenvalue weighted by Crippen LogP contribution is 2.38. The van der Waals surface area contributed by atoms with Crippen molar-refractivity contribution in [3.63, 3.8) is 0 Å². The predicted molar refractivity (Wildman–Crippen MR) is 120 cm³/mol. The Balaban J connectivity index is 0.00000127. The number of thiocarbonyl (C=S) groups is 1. The number of nitrogens with zero attached hydrogens (tertiary/aromatic N) is 1. The molecule has 0 bridgehead atoms. The van der Waals surface area contributed by atoms with Gasteiger partial charge in [-0.05, 0) is 67.1 Å². The van der Waals surface area contributed by atoms with E-state index in [1.807, 2.05) is 31.2 Å². The average Bonchev–Trinajstić information content (AvgIpc) is 2.64. The first-order valence-electron chi connectivity index (χ1n) is 8.67. The molecule has 1 unspecified atom stereocenters. The van der Waals surface area contributed by atoms with E-state index >= 15 is 0 Å². The largest absolute Gasteiger partial charge is 0.363 e. The molecule has 27 heavy (non-hydrogen) atoms. The highest BCUT2D eigenvalue weighted by atomic mass is 35.5. The van der Waals surface area contributed by atoms with E-state index in [1.165, 1.54) is 11.1 Å². The molecule has 2 aromatic carbocycles. The summed E-state index contributed by atoms with van der Waals surface area (Å²) in [4.78, 5) is 2.29. The van der Waals surface area contributed by atoms with Gasteiger partial charge in [0.05, 0.1) is 0 Å². The lowest BCUT2D eigenvalue weighted by molar-refractivity contribution is 0.295. The van der Waals surface area contributed by atoms with Crippen LogP contribution in [-0.2, 0) is 6.54 Å². The third-order valence-electron chi connectivity index (χ3n) is 4.38. The van der Waals surface area contributed by atoms with Gasteiger partial charge in [0.1, 0.15) is 0 Å². The van der Waals surface area contributed by atoms with Crippen LogP contribution in [0.2, 0.25) is 10.0 Å². The molecule has 2 aromatic rings. The SMILES string of the molecule is C.CCNC(=S)Nc1cccc(C2CN(C)Cc3c(Cl)cc(Cl)cc32)c1.[3H]F. The summed E-state index contributed by atoms with van der Waals surface area (Å²) in [6, 6.07) is 12.2. The number of anilines is 1. The number of fused-ring (bicyclic) bond motifs is 1. The average molecular weight is 432 g/mol. The lowest BCUT2D eigenvalue weighted by Crippen LogP contribution is -2.31. The zero-order valence-corrected chi connectivity index (χ0v) is 17.0. The maximum Gasteiger partial charge on any atom is 0.269 e. The van der Waals surface area contributed by atoms with Gasteiger partial charge in [0.15, 0.2) is 5.11 Å². The number of hydrogen-bond acceptors (Lipinski definition) is 2. The molecule has 1 atom stereocenters.